The van der Waals surface area contributed by atoms with E-state index in [0.29, 0.717) is 45.0 Å². The Bertz CT molecular complexity index is 1430. The summed E-state index contributed by atoms with van der Waals surface area (Å²) in [6, 6.07) is 13.0. The lowest BCUT2D eigenvalue weighted by Crippen LogP contribution is -2.43. The molecule has 236 valence electrons. The van der Waals surface area contributed by atoms with Crippen molar-refractivity contribution in [1.82, 2.24) is 20.1 Å². The molecular formula is C33H37F5N4O2. The molecule has 3 heterocycles. The average Bonchev–Trinajstić information content (AvgIpc) is 3.34. The number of halogens is 5. The van der Waals surface area contributed by atoms with E-state index in [9.17, 15) is 26.7 Å². The molecule has 1 amide bonds. The van der Waals surface area contributed by atoms with Gasteiger partial charge in [0.05, 0.1) is 42.1 Å². The van der Waals surface area contributed by atoms with Gasteiger partial charge in [0, 0.05) is 51.4 Å². The Morgan fingerprint density at radius 1 is 1.00 bits per heavy atom. The second kappa shape index (κ2) is 12.9. The summed E-state index contributed by atoms with van der Waals surface area (Å²) in [5.41, 5.74) is 3.02. The van der Waals surface area contributed by atoms with Crippen LogP contribution in [0.2, 0.25) is 0 Å². The van der Waals surface area contributed by atoms with Gasteiger partial charge in [-0.25, -0.2) is 8.78 Å². The zero-order valence-electron chi connectivity index (χ0n) is 25.0. The van der Waals surface area contributed by atoms with Crippen molar-refractivity contribution < 1.29 is 31.5 Å². The second-order valence-electron chi connectivity index (χ2n) is 11.9. The van der Waals surface area contributed by atoms with Crippen LogP contribution in [0.15, 0.2) is 60.8 Å². The third-order valence-corrected chi connectivity index (χ3v) is 8.35. The van der Waals surface area contributed by atoms with Gasteiger partial charge in [0.2, 0.25) is 0 Å². The maximum absolute atomic E-state index is 13.8. The molecule has 0 aliphatic carbocycles. The number of pyridine rings is 1. The Labute approximate surface area is 254 Å². The first-order valence-corrected chi connectivity index (χ1v) is 14.8. The van der Waals surface area contributed by atoms with Gasteiger partial charge in [0.25, 0.3) is 11.8 Å². The Hall–Kier alpha value is -3.41. The third kappa shape index (κ3) is 7.27. The van der Waals surface area contributed by atoms with Crippen LogP contribution in [0.4, 0.5) is 22.0 Å². The van der Waals surface area contributed by atoms with Gasteiger partial charge in [-0.15, -0.1) is 0 Å². The number of carbonyl (C=O) groups is 1. The first-order valence-electron chi connectivity index (χ1n) is 14.8. The lowest BCUT2D eigenvalue weighted by Gasteiger charge is -2.35. The van der Waals surface area contributed by atoms with Crippen molar-refractivity contribution in [2.75, 3.05) is 32.8 Å². The zero-order chi connectivity index (χ0) is 31.6. The number of nitrogens with zero attached hydrogens (tertiary/aromatic N) is 3. The van der Waals surface area contributed by atoms with Crippen molar-refractivity contribution in [2.24, 2.45) is 5.92 Å². The van der Waals surface area contributed by atoms with Crippen molar-refractivity contribution >= 4 is 5.91 Å². The highest BCUT2D eigenvalue weighted by Gasteiger charge is 2.35. The van der Waals surface area contributed by atoms with Crippen LogP contribution in [0.3, 0.4) is 0 Å². The third-order valence-electron chi connectivity index (χ3n) is 8.35. The molecule has 2 aromatic carbocycles. The number of ether oxygens (including phenoxy) is 1. The summed E-state index contributed by atoms with van der Waals surface area (Å²) in [6.07, 6.45) is -2.82. The van der Waals surface area contributed by atoms with E-state index in [1.54, 1.807) is 18.3 Å². The number of aromatic nitrogens is 1. The molecule has 0 bridgehead atoms. The van der Waals surface area contributed by atoms with Gasteiger partial charge in [-0.1, -0.05) is 50.2 Å². The fourth-order valence-corrected chi connectivity index (χ4v) is 6.09. The summed E-state index contributed by atoms with van der Waals surface area (Å²) in [4.78, 5) is 22.4. The number of morpholine rings is 1. The Morgan fingerprint density at radius 3 is 2.23 bits per heavy atom. The zero-order valence-corrected chi connectivity index (χ0v) is 25.0. The summed E-state index contributed by atoms with van der Waals surface area (Å²) in [5, 5.41) is 3.02. The Kier molecular flexibility index (Phi) is 9.38. The van der Waals surface area contributed by atoms with E-state index in [4.69, 9.17) is 4.74 Å². The quantitative estimate of drug-likeness (QED) is 0.271. The highest BCUT2D eigenvalue weighted by atomic mass is 19.4. The number of fused-ring (bicyclic) bond motifs is 1. The average molecular weight is 617 g/mol. The molecular weight excluding hydrogens is 579 g/mol. The molecule has 5 rings (SSSR count). The molecule has 1 unspecified atom stereocenters. The molecule has 3 aromatic rings. The van der Waals surface area contributed by atoms with Gasteiger partial charge in [-0.3, -0.25) is 19.6 Å². The molecule has 2 atom stereocenters. The first-order chi connectivity index (χ1) is 20.8. The minimum absolute atomic E-state index is 0.0476. The number of hydrogen-bond acceptors (Lipinski definition) is 5. The van der Waals surface area contributed by atoms with E-state index < -0.39 is 17.7 Å². The Morgan fingerprint density at radius 2 is 1.64 bits per heavy atom. The van der Waals surface area contributed by atoms with Gasteiger partial charge in [-0.2, -0.15) is 13.2 Å². The summed E-state index contributed by atoms with van der Waals surface area (Å²) >= 11 is 0. The molecule has 6 nitrogen and oxygen atoms in total. The van der Waals surface area contributed by atoms with Crippen LogP contribution in [0, 0.1) is 5.92 Å². The summed E-state index contributed by atoms with van der Waals surface area (Å²) in [5.74, 6) is -3.05. The van der Waals surface area contributed by atoms with E-state index >= 15 is 0 Å². The van der Waals surface area contributed by atoms with Crippen molar-refractivity contribution in [3.8, 4) is 0 Å². The molecule has 1 aromatic heterocycles. The highest BCUT2D eigenvalue weighted by molar-refractivity contribution is 5.94. The smallest absolute Gasteiger partial charge is 0.379 e. The maximum Gasteiger partial charge on any atom is 0.416 e. The van der Waals surface area contributed by atoms with E-state index in [0.717, 1.165) is 41.4 Å². The molecule has 1 N–H and O–H groups in total. The molecule has 1 fully saturated rings. The number of rotatable bonds is 9. The maximum atomic E-state index is 13.8. The van der Waals surface area contributed by atoms with Crippen molar-refractivity contribution in [3.05, 3.63) is 99.9 Å². The highest BCUT2D eigenvalue weighted by Crippen LogP contribution is 2.39. The summed E-state index contributed by atoms with van der Waals surface area (Å²) in [7, 11) is 0. The van der Waals surface area contributed by atoms with Gasteiger partial charge < -0.3 is 10.1 Å². The lowest BCUT2D eigenvalue weighted by molar-refractivity contribution is -0.137. The van der Waals surface area contributed by atoms with Gasteiger partial charge in [-0.05, 0) is 40.8 Å². The number of benzene rings is 2. The number of alkyl halides is 5. The summed E-state index contributed by atoms with van der Waals surface area (Å²) in [6.45, 7) is 8.63. The van der Waals surface area contributed by atoms with Gasteiger partial charge >= 0.3 is 6.18 Å². The molecule has 2 aliphatic rings. The topological polar surface area (TPSA) is 57.7 Å². The van der Waals surface area contributed by atoms with E-state index in [1.807, 2.05) is 6.07 Å². The normalized spacial score (nSPS) is 18.8. The van der Waals surface area contributed by atoms with Crippen LogP contribution >= 0.6 is 0 Å². The van der Waals surface area contributed by atoms with E-state index in [2.05, 4.69) is 33.9 Å². The largest absolute Gasteiger partial charge is 0.416 e. The predicted molar refractivity (Wildman–Crippen MR) is 156 cm³/mol. The van der Waals surface area contributed by atoms with E-state index in [-0.39, 0.29) is 36.0 Å². The lowest BCUT2D eigenvalue weighted by atomic mass is 9.99. The van der Waals surface area contributed by atoms with Gasteiger partial charge in [0.15, 0.2) is 0 Å². The molecule has 1 saturated heterocycles. The van der Waals surface area contributed by atoms with Crippen LogP contribution in [-0.2, 0) is 29.9 Å². The van der Waals surface area contributed by atoms with Crippen molar-refractivity contribution in [2.45, 2.75) is 58.0 Å². The SMILES string of the molecule is CC(C)[C@H]1c2ncc(C(=O)NCC(c3ccc(C(C)(F)F)cc3)N3CCOCC3)cc2CN1Cc1ccc(C(F)(F)F)cc1. The van der Waals surface area contributed by atoms with Gasteiger partial charge in [0.1, 0.15) is 0 Å². The minimum atomic E-state index is -4.39. The molecule has 0 saturated carbocycles. The van der Waals surface area contributed by atoms with Crippen molar-refractivity contribution in [3.63, 3.8) is 0 Å². The first kappa shape index (κ1) is 32.0. The molecule has 0 spiro atoms. The Balaban J connectivity index is 1.29. The van der Waals surface area contributed by atoms with Crippen molar-refractivity contribution in [1.29, 1.82) is 0 Å². The number of nitrogens with one attached hydrogen (secondary N) is 1. The van der Waals surface area contributed by atoms with E-state index in [1.165, 1.54) is 24.3 Å². The number of amides is 1. The van der Waals surface area contributed by atoms with Crippen LogP contribution < -0.4 is 5.32 Å². The van der Waals surface area contributed by atoms with Crippen LogP contribution in [0.25, 0.3) is 0 Å². The summed E-state index contributed by atoms with van der Waals surface area (Å²) < 4.78 is 72.2. The molecule has 44 heavy (non-hydrogen) atoms. The number of carbonyl (C=O) groups excluding carboxylic acids is 1. The van der Waals surface area contributed by atoms with Crippen LogP contribution in [-0.4, -0.2) is 53.5 Å². The molecule has 0 radical (unpaired) electrons. The second-order valence-corrected chi connectivity index (χ2v) is 11.9. The molecule has 2 aliphatic heterocycles. The number of hydrogen-bond donors (Lipinski definition) is 1. The predicted octanol–water partition coefficient (Wildman–Crippen LogP) is 6.73. The standard InChI is InChI=1S/C33H37F5N4O2/c1-21(2)30-29-25(20-42(30)19-22-4-8-27(9-5-22)33(36,37)38)16-24(17-39-29)31(43)40-18-28(41-12-14-44-15-13-41)23-6-10-26(11-7-23)32(3,34)35/h4-11,16-17,21,28,30H,12-15,18-20H2,1-3H3,(H,40,43)/t28?,30-/m0/s1. The molecule has 11 heteroatoms. The fourth-order valence-electron chi connectivity index (χ4n) is 6.09. The van der Waals surface area contributed by atoms with Crippen LogP contribution in [0.1, 0.15) is 76.7 Å². The fraction of sp³-hybridized carbons (Fsp3) is 0.455. The minimum Gasteiger partial charge on any atom is -0.379 e. The monoisotopic (exact) mass is 616 g/mol. The van der Waals surface area contributed by atoms with Crippen LogP contribution in [0.5, 0.6) is 0 Å².